The van der Waals surface area contributed by atoms with Crippen LogP contribution in [-0.2, 0) is 0 Å². The summed E-state index contributed by atoms with van der Waals surface area (Å²) < 4.78 is 19.5. The maximum absolute atomic E-state index is 13.4. The number of nitro benzene ring substituents is 1. The molecule has 0 aliphatic rings. The van der Waals surface area contributed by atoms with E-state index in [1.807, 2.05) is 61.5 Å². The average Bonchev–Trinajstić information content (AvgIpc) is 3.75. The number of nitro groups is 1. The zero-order valence-corrected chi connectivity index (χ0v) is 25.2. The predicted molar refractivity (Wildman–Crippen MR) is 171 cm³/mol. The number of ether oxygens (including phenoxy) is 3. The summed E-state index contributed by atoms with van der Waals surface area (Å²) in [5, 5.41) is 20.8. The summed E-state index contributed by atoms with van der Waals surface area (Å²) in [5.74, 6) is 1.77. The molecule has 3 aromatic carbocycles. The quantitative estimate of drug-likeness (QED) is 0.152. The summed E-state index contributed by atoms with van der Waals surface area (Å²) >= 11 is 1.18. The molecule has 0 bridgehead atoms. The van der Waals surface area contributed by atoms with Crippen molar-refractivity contribution in [1.82, 2.24) is 24.4 Å². The number of thiazole rings is 1. The van der Waals surface area contributed by atoms with Crippen LogP contribution in [0.1, 0.15) is 23.9 Å². The molecule has 6 aromatic rings. The highest BCUT2D eigenvalue weighted by Crippen LogP contribution is 2.34. The van der Waals surface area contributed by atoms with E-state index in [2.05, 4.69) is 10.1 Å². The first kappa shape index (κ1) is 29.3. The van der Waals surface area contributed by atoms with Gasteiger partial charge in [0, 0.05) is 23.4 Å². The van der Waals surface area contributed by atoms with Gasteiger partial charge in [-0.2, -0.15) is 14.6 Å². The van der Waals surface area contributed by atoms with E-state index in [1.165, 1.54) is 35.1 Å². The Labute approximate surface area is 260 Å². The lowest BCUT2D eigenvalue weighted by atomic mass is 10.1. The summed E-state index contributed by atoms with van der Waals surface area (Å²) in [6, 6.07) is 19.6. The van der Waals surface area contributed by atoms with E-state index in [-0.39, 0.29) is 17.0 Å². The molecule has 0 radical (unpaired) electrons. The van der Waals surface area contributed by atoms with Crippen molar-refractivity contribution in [2.45, 2.75) is 6.92 Å². The van der Waals surface area contributed by atoms with Gasteiger partial charge in [-0.3, -0.25) is 14.9 Å². The highest BCUT2D eigenvalue weighted by atomic mass is 32.1. The van der Waals surface area contributed by atoms with Gasteiger partial charge >= 0.3 is 5.69 Å². The third kappa shape index (κ3) is 5.88. The van der Waals surface area contributed by atoms with Gasteiger partial charge in [-0.1, -0.05) is 41.7 Å². The van der Waals surface area contributed by atoms with E-state index < -0.39 is 4.92 Å². The fourth-order valence-electron chi connectivity index (χ4n) is 4.70. The molecule has 13 heteroatoms. The Morgan fingerprint density at radius 3 is 2.44 bits per heavy atom. The SMILES string of the molecule is CCOc1ccc(/C=C/c2nc3s/c(=C\c4cn(-c5ccccc5)nc4-c4ccc(OC)c([N+](=O)[O-])c4)c(=O)n3n2)cc1OC. The maximum atomic E-state index is 13.4. The van der Waals surface area contributed by atoms with Crippen LogP contribution in [0.3, 0.4) is 0 Å². The van der Waals surface area contributed by atoms with Crippen LogP contribution < -0.4 is 24.3 Å². The molecular weight excluding hydrogens is 596 g/mol. The van der Waals surface area contributed by atoms with Crippen LogP contribution in [0.25, 0.3) is 40.1 Å². The first-order valence-corrected chi connectivity index (χ1v) is 14.6. The van der Waals surface area contributed by atoms with Crippen molar-refractivity contribution in [3.63, 3.8) is 0 Å². The number of benzene rings is 3. The van der Waals surface area contributed by atoms with E-state index in [0.717, 1.165) is 11.3 Å². The number of rotatable bonds is 10. The second kappa shape index (κ2) is 12.4. The van der Waals surface area contributed by atoms with E-state index in [4.69, 9.17) is 19.3 Å². The minimum Gasteiger partial charge on any atom is -0.493 e. The maximum Gasteiger partial charge on any atom is 0.311 e. The summed E-state index contributed by atoms with van der Waals surface area (Å²) in [4.78, 5) is 29.6. The molecule has 0 fully saturated rings. The third-order valence-electron chi connectivity index (χ3n) is 6.81. The fourth-order valence-corrected chi connectivity index (χ4v) is 5.61. The van der Waals surface area contributed by atoms with E-state index in [0.29, 0.717) is 50.2 Å². The molecule has 0 amide bonds. The molecule has 0 saturated heterocycles. The van der Waals surface area contributed by atoms with Gasteiger partial charge in [0.25, 0.3) is 5.56 Å². The van der Waals surface area contributed by atoms with Gasteiger partial charge in [0.1, 0.15) is 5.69 Å². The summed E-state index contributed by atoms with van der Waals surface area (Å²) in [6.45, 7) is 2.43. The van der Waals surface area contributed by atoms with Crippen molar-refractivity contribution in [2.75, 3.05) is 20.8 Å². The van der Waals surface area contributed by atoms with Crippen LogP contribution >= 0.6 is 11.3 Å². The smallest absolute Gasteiger partial charge is 0.311 e. The summed E-state index contributed by atoms with van der Waals surface area (Å²) in [6.07, 6.45) is 7.02. The number of aromatic nitrogens is 5. The molecule has 0 atom stereocenters. The molecule has 0 N–H and O–H groups in total. The highest BCUT2D eigenvalue weighted by Gasteiger charge is 2.20. The van der Waals surface area contributed by atoms with Gasteiger partial charge in [-0.25, -0.2) is 4.68 Å². The predicted octanol–water partition coefficient (Wildman–Crippen LogP) is 5.05. The van der Waals surface area contributed by atoms with Crippen LogP contribution in [0.4, 0.5) is 5.69 Å². The number of methoxy groups -OCH3 is 2. The van der Waals surface area contributed by atoms with Crippen molar-refractivity contribution in [1.29, 1.82) is 0 Å². The molecule has 0 unspecified atom stereocenters. The molecule has 0 saturated carbocycles. The second-order valence-electron chi connectivity index (χ2n) is 9.61. The number of hydrogen-bond donors (Lipinski definition) is 0. The fraction of sp³-hybridized carbons (Fsp3) is 0.125. The van der Waals surface area contributed by atoms with Crippen molar-refractivity contribution in [3.05, 3.63) is 115 Å². The lowest BCUT2D eigenvalue weighted by molar-refractivity contribution is -0.385. The Morgan fingerprint density at radius 1 is 0.956 bits per heavy atom. The first-order valence-electron chi connectivity index (χ1n) is 13.8. The number of nitrogens with zero attached hydrogens (tertiary/aromatic N) is 6. The average molecular weight is 623 g/mol. The Balaban J connectivity index is 1.38. The topological polar surface area (TPSA) is 136 Å². The monoisotopic (exact) mass is 622 g/mol. The van der Waals surface area contributed by atoms with Crippen LogP contribution in [0.15, 0.2) is 77.7 Å². The molecule has 3 aromatic heterocycles. The molecule has 0 spiro atoms. The largest absolute Gasteiger partial charge is 0.493 e. The third-order valence-corrected chi connectivity index (χ3v) is 7.77. The Kier molecular flexibility index (Phi) is 8.08. The molecule has 45 heavy (non-hydrogen) atoms. The van der Waals surface area contributed by atoms with Crippen LogP contribution in [0, 0.1) is 10.1 Å². The van der Waals surface area contributed by atoms with E-state index in [9.17, 15) is 14.9 Å². The molecule has 0 aliphatic heterocycles. The zero-order chi connectivity index (χ0) is 31.5. The highest BCUT2D eigenvalue weighted by molar-refractivity contribution is 7.15. The molecule has 12 nitrogen and oxygen atoms in total. The summed E-state index contributed by atoms with van der Waals surface area (Å²) in [7, 11) is 2.96. The van der Waals surface area contributed by atoms with Gasteiger partial charge in [-0.05, 0) is 61.0 Å². The van der Waals surface area contributed by atoms with Gasteiger partial charge in [-0.15, -0.1) is 5.10 Å². The minimum absolute atomic E-state index is 0.135. The Hall–Kier alpha value is -5.82. The number of fused-ring (bicyclic) bond motifs is 1. The summed E-state index contributed by atoms with van der Waals surface area (Å²) in [5.41, 5.74) is 2.64. The molecule has 226 valence electrons. The molecular formula is C32H26N6O6S. The number of hydrogen-bond acceptors (Lipinski definition) is 10. The molecule has 3 heterocycles. The minimum atomic E-state index is -0.506. The lowest BCUT2D eigenvalue weighted by Crippen LogP contribution is -2.23. The van der Waals surface area contributed by atoms with Crippen LogP contribution in [0.2, 0.25) is 0 Å². The standard InChI is InChI=1S/C32H26N6O6S/c1-4-44-26-13-10-20(16-27(26)43-3)11-15-29-33-32-37(34-29)31(39)28(45-32)18-22-19-36(23-8-6-5-7-9-23)35-30(22)21-12-14-25(42-2)24(17-21)38(40)41/h5-19H,4H2,1-3H3/b15-11+,28-18-. The molecule has 6 rings (SSSR count). The van der Waals surface area contributed by atoms with E-state index in [1.54, 1.807) is 36.2 Å². The van der Waals surface area contributed by atoms with Crippen LogP contribution in [-0.4, -0.2) is 50.1 Å². The first-order chi connectivity index (χ1) is 21.9. The van der Waals surface area contributed by atoms with Gasteiger partial charge in [0.2, 0.25) is 4.96 Å². The van der Waals surface area contributed by atoms with Gasteiger partial charge in [0.15, 0.2) is 23.1 Å². The molecule has 0 aliphatic carbocycles. The Bertz CT molecular complexity index is 2170. The van der Waals surface area contributed by atoms with Crippen molar-refractivity contribution >= 4 is 40.2 Å². The van der Waals surface area contributed by atoms with Gasteiger partial charge in [0.05, 0.1) is 36.0 Å². The zero-order valence-electron chi connectivity index (χ0n) is 24.4. The normalized spacial score (nSPS) is 11.8. The number of para-hydroxylation sites is 1. The van der Waals surface area contributed by atoms with Crippen LogP contribution in [0.5, 0.6) is 17.2 Å². The van der Waals surface area contributed by atoms with Crippen molar-refractivity contribution in [3.8, 4) is 34.2 Å². The van der Waals surface area contributed by atoms with E-state index >= 15 is 0 Å². The Morgan fingerprint density at radius 2 is 1.73 bits per heavy atom. The second-order valence-corrected chi connectivity index (χ2v) is 10.6. The van der Waals surface area contributed by atoms with Crippen molar-refractivity contribution < 1.29 is 19.1 Å². The van der Waals surface area contributed by atoms with Gasteiger partial charge < -0.3 is 14.2 Å². The van der Waals surface area contributed by atoms with Crippen molar-refractivity contribution in [2.24, 2.45) is 0 Å². The lowest BCUT2D eigenvalue weighted by Gasteiger charge is -2.09.